The number of nitrogens with one attached hydrogen (secondary N) is 1. The van der Waals surface area contributed by atoms with E-state index in [-0.39, 0.29) is 54.3 Å². The minimum Gasteiger partial charge on any atom is -0.331 e. The molecule has 38 heavy (non-hydrogen) atoms. The van der Waals surface area contributed by atoms with Gasteiger partial charge in [-0.1, -0.05) is 49.4 Å². The molecule has 0 saturated carbocycles. The average Bonchev–Trinajstić information content (AvgIpc) is 3.07. The van der Waals surface area contributed by atoms with Gasteiger partial charge in [0.15, 0.2) is 15.6 Å². The number of fused-ring (bicyclic) bond motifs is 1. The summed E-state index contributed by atoms with van der Waals surface area (Å²) in [5.41, 5.74) is 0.978. The molecule has 0 aliphatic heterocycles. The molecule has 4 rings (SSSR count). The number of carbonyl (C=O) groups is 2. The highest BCUT2D eigenvalue weighted by Gasteiger charge is 2.30. The van der Waals surface area contributed by atoms with Crippen LogP contribution in [0, 0.1) is 5.82 Å². The Morgan fingerprint density at radius 2 is 1.82 bits per heavy atom. The van der Waals surface area contributed by atoms with Gasteiger partial charge in [-0.15, -0.1) is 0 Å². The normalized spacial score (nSPS) is 13.8. The second kappa shape index (κ2) is 10.8. The zero-order chi connectivity index (χ0) is 27.1. The van der Waals surface area contributed by atoms with Crippen LogP contribution in [0.4, 0.5) is 4.39 Å². The molecule has 3 aromatic rings. The molecule has 2 aromatic carbocycles. The standard InChI is InChI=1S/C25H22ClFN2O6S2.CH4/c1-36(32,33)14-15-7-9-20(27)16(11-15)13-29-21-10-8-17(26)12-19(21)23(18-5-3-4-6-22(18)30)24(29)25(31)28-37(2,34)35;/h3-5,7-12H,6,13-14H2,1-2H3,(H,28,31);1H4. The number of nitrogens with zero attached hydrogens (tertiary/aromatic N) is 1. The molecule has 1 amide bonds. The van der Waals surface area contributed by atoms with Crippen molar-refractivity contribution in [3.63, 3.8) is 0 Å². The number of amides is 1. The summed E-state index contributed by atoms with van der Waals surface area (Å²) in [6, 6.07) is 8.55. The summed E-state index contributed by atoms with van der Waals surface area (Å²) in [6.07, 6.45) is 6.78. The van der Waals surface area contributed by atoms with E-state index in [0.29, 0.717) is 21.5 Å². The van der Waals surface area contributed by atoms with Crippen molar-refractivity contribution in [3.05, 3.63) is 87.9 Å². The lowest BCUT2D eigenvalue weighted by Crippen LogP contribution is -2.32. The lowest BCUT2D eigenvalue weighted by Gasteiger charge is -2.15. The van der Waals surface area contributed by atoms with E-state index in [9.17, 15) is 30.8 Å². The number of ketones is 1. The number of Topliss-reactive ketones (excluding diaryl/α,β-unsaturated/α-hetero) is 1. The third-order valence-electron chi connectivity index (χ3n) is 5.66. The lowest BCUT2D eigenvalue weighted by molar-refractivity contribution is -0.113. The van der Waals surface area contributed by atoms with Gasteiger partial charge in [-0.25, -0.2) is 25.9 Å². The van der Waals surface area contributed by atoms with Crippen molar-refractivity contribution in [1.29, 1.82) is 0 Å². The van der Waals surface area contributed by atoms with Gasteiger partial charge in [-0.2, -0.15) is 0 Å². The molecule has 0 atom stereocenters. The number of carbonyl (C=O) groups excluding carboxylic acids is 2. The van der Waals surface area contributed by atoms with Crippen LogP contribution in [0.15, 0.2) is 54.6 Å². The Morgan fingerprint density at radius 3 is 2.45 bits per heavy atom. The number of rotatable bonds is 7. The number of aromatic nitrogens is 1. The number of halogens is 2. The topological polar surface area (TPSA) is 119 Å². The first kappa shape index (κ1) is 29.3. The highest BCUT2D eigenvalue weighted by atomic mass is 35.5. The van der Waals surface area contributed by atoms with Crippen LogP contribution in [0.5, 0.6) is 0 Å². The predicted molar refractivity (Wildman–Crippen MR) is 147 cm³/mol. The highest BCUT2D eigenvalue weighted by Crippen LogP contribution is 2.36. The maximum absolute atomic E-state index is 14.9. The molecule has 1 N–H and O–H groups in total. The molecule has 202 valence electrons. The SMILES string of the molecule is C.CS(=O)(=O)Cc1ccc(F)c(Cn2c(C(=O)NS(C)(=O)=O)c(C3=CC=CCC3=O)c3cc(Cl)ccc32)c1. The molecule has 1 aliphatic rings. The smallest absolute Gasteiger partial charge is 0.282 e. The first-order valence-electron chi connectivity index (χ1n) is 10.9. The molecule has 0 radical (unpaired) electrons. The van der Waals surface area contributed by atoms with Gasteiger partial charge < -0.3 is 4.57 Å². The van der Waals surface area contributed by atoms with Crippen molar-refractivity contribution in [3.8, 4) is 0 Å². The zero-order valence-corrected chi connectivity index (χ0v) is 22.2. The summed E-state index contributed by atoms with van der Waals surface area (Å²) in [6.45, 7) is -0.259. The number of sulfonamides is 1. The van der Waals surface area contributed by atoms with Gasteiger partial charge in [0.1, 0.15) is 11.5 Å². The van der Waals surface area contributed by atoms with E-state index in [0.717, 1.165) is 18.6 Å². The van der Waals surface area contributed by atoms with E-state index in [1.54, 1.807) is 30.4 Å². The maximum Gasteiger partial charge on any atom is 0.282 e. The van der Waals surface area contributed by atoms with E-state index in [1.807, 2.05) is 4.72 Å². The van der Waals surface area contributed by atoms with Crippen molar-refractivity contribution < 1.29 is 30.8 Å². The van der Waals surface area contributed by atoms with E-state index in [2.05, 4.69) is 0 Å². The van der Waals surface area contributed by atoms with E-state index < -0.39 is 31.6 Å². The summed E-state index contributed by atoms with van der Waals surface area (Å²) in [4.78, 5) is 26.2. The minimum absolute atomic E-state index is 0. The van der Waals surface area contributed by atoms with Crippen LogP contribution in [0.2, 0.25) is 5.02 Å². The molecule has 12 heteroatoms. The van der Waals surface area contributed by atoms with Crippen LogP contribution >= 0.6 is 11.6 Å². The fourth-order valence-corrected chi connectivity index (χ4v) is 5.68. The molecule has 1 heterocycles. The number of sulfone groups is 1. The summed E-state index contributed by atoms with van der Waals surface area (Å²) < 4.78 is 65.8. The molecule has 1 aromatic heterocycles. The Labute approximate surface area is 225 Å². The average molecular weight is 581 g/mol. The Balaban J connectivity index is 0.00000400. The zero-order valence-electron chi connectivity index (χ0n) is 19.8. The molecule has 0 bridgehead atoms. The van der Waals surface area contributed by atoms with Crippen LogP contribution in [0.3, 0.4) is 0 Å². The molecule has 1 aliphatic carbocycles. The third kappa shape index (κ3) is 6.40. The van der Waals surface area contributed by atoms with Gasteiger partial charge >= 0.3 is 0 Å². The van der Waals surface area contributed by atoms with Crippen LogP contribution in [0.25, 0.3) is 16.5 Å². The number of allylic oxidation sites excluding steroid dienone is 4. The summed E-state index contributed by atoms with van der Waals surface area (Å²) in [5.74, 6) is -2.28. The Morgan fingerprint density at radius 1 is 1.11 bits per heavy atom. The minimum atomic E-state index is -4.00. The van der Waals surface area contributed by atoms with Crippen molar-refractivity contribution >= 4 is 59.6 Å². The Hall–Kier alpha value is -3.28. The number of hydrogen-bond donors (Lipinski definition) is 1. The van der Waals surface area contributed by atoms with Gasteiger partial charge in [0.2, 0.25) is 10.0 Å². The van der Waals surface area contributed by atoms with Crippen molar-refractivity contribution in [2.24, 2.45) is 0 Å². The quantitative estimate of drug-likeness (QED) is 0.446. The van der Waals surface area contributed by atoms with Gasteiger partial charge in [-0.3, -0.25) is 9.59 Å². The van der Waals surface area contributed by atoms with Crippen LogP contribution in [-0.4, -0.2) is 45.6 Å². The van der Waals surface area contributed by atoms with Crippen molar-refractivity contribution in [1.82, 2.24) is 9.29 Å². The van der Waals surface area contributed by atoms with Crippen LogP contribution in [-0.2, 0) is 37.0 Å². The monoisotopic (exact) mass is 580 g/mol. The summed E-state index contributed by atoms with van der Waals surface area (Å²) in [5, 5.41) is 0.704. The fourth-order valence-electron chi connectivity index (χ4n) is 4.29. The molecule has 0 unspecified atom stereocenters. The largest absolute Gasteiger partial charge is 0.331 e. The first-order chi connectivity index (χ1) is 17.2. The molecular weight excluding hydrogens is 555 g/mol. The van der Waals surface area contributed by atoms with E-state index in [1.165, 1.54) is 22.8 Å². The molecular formula is C26H26ClFN2O6S2. The molecule has 0 fully saturated rings. The first-order valence-corrected chi connectivity index (χ1v) is 15.3. The number of hydrogen-bond acceptors (Lipinski definition) is 6. The van der Waals surface area contributed by atoms with Crippen LogP contribution in [0.1, 0.15) is 41.0 Å². The number of benzene rings is 2. The Bertz CT molecular complexity index is 1740. The second-order valence-corrected chi connectivity index (χ2v) is 13.1. The second-order valence-electron chi connectivity index (χ2n) is 8.81. The van der Waals surface area contributed by atoms with Crippen molar-refractivity contribution in [2.45, 2.75) is 26.1 Å². The third-order valence-corrected chi connectivity index (χ3v) is 7.31. The summed E-state index contributed by atoms with van der Waals surface area (Å²) in [7, 11) is -7.40. The van der Waals surface area contributed by atoms with E-state index >= 15 is 0 Å². The van der Waals surface area contributed by atoms with Gasteiger partial charge in [-0.05, 0) is 29.8 Å². The summed E-state index contributed by atoms with van der Waals surface area (Å²) >= 11 is 6.24. The van der Waals surface area contributed by atoms with Gasteiger partial charge in [0.25, 0.3) is 5.91 Å². The van der Waals surface area contributed by atoms with Crippen molar-refractivity contribution in [2.75, 3.05) is 12.5 Å². The highest BCUT2D eigenvalue weighted by molar-refractivity contribution is 7.90. The Kier molecular flexibility index (Phi) is 8.35. The van der Waals surface area contributed by atoms with Gasteiger partial charge in [0, 0.05) is 45.3 Å². The fraction of sp³-hybridized carbons (Fsp3) is 0.231. The molecule has 8 nitrogen and oxygen atoms in total. The molecule has 0 saturated heterocycles. The van der Waals surface area contributed by atoms with E-state index in [4.69, 9.17) is 11.6 Å². The van der Waals surface area contributed by atoms with Crippen LogP contribution < -0.4 is 4.72 Å². The lowest BCUT2D eigenvalue weighted by atomic mass is 9.93. The predicted octanol–water partition coefficient (Wildman–Crippen LogP) is 4.26. The maximum atomic E-state index is 14.9. The molecule has 0 spiro atoms. The van der Waals surface area contributed by atoms with Gasteiger partial charge in [0.05, 0.1) is 18.6 Å².